The summed E-state index contributed by atoms with van der Waals surface area (Å²) in [6.07, 6.45) is 1.24. The van der Waals surface area contributed by atoms with Gasteiger partial charge in [0.05, 0.1) is 22.2 Å². The molecule has 1 aromatic heterocycles. The molecule has 1 aliphatic rings. The van der Waals surface area contributed by atoms with Crippen molar-refractivity contribution < 1.29 is 23.6 Å². The molecule has 6 nitrogen and oxygen atoms in total. The predicted octanol–water partition coefficient (Wildman–Crippen LogP) is 2.74. The van der Waals surface area contributed by atoms with E-state index in [0.29, 0.717) is 16.0 Å². The first-order chi connectivity index (χ1) is 12.0. The minimum absolute atomic E-state index is 0.00495. The second kappa shape index (κ2) is 5.48. The second-order valence-corrected chi connectivity index (χ2v) is 5.39. The number of pyridine rings is 1. The Labute approximate surface area is 140 Å². The molecular formula is C18H9FN2O4. The number of hydrogen-bond acceptors (Lipinski definition) is 5. The quantitative estimate of drug-likeness (QED) is 0.673. The van der Waals surface area contributed by atoms with Crippen molar-refractivity contribution in [3.63, 3.8) is 0 Å². The lowest BCUT2D eigenvalue weighted by Gasteiger charge is -2.12. The number of imide groups is 1. The zero-order chi connectivity index (χ0) is 17.6. The fourth-order valence-corrected chi connectivity index (χ4v) is 2.60. The van der Waals surface area contributed by atoms with Crippen LogP contribution in [0.25, 0.3) is 10.9 Å². The molecule has 4 rings (SSSR count). The molecule has 0 unspecified atom stereocenters. The molecule has 0 aliphatic carbocycles. The molecule has 2 heterocycles. The van der Waals surface area contributed by atoms with E-state index in [1.54, 1.807) is 12.1 Å². The second-order valence-electron chi connectivity index (χ2n) is 5.39. The molecule has 25 heavy (non-hydrogen) atoms. The fraction of sp³-hybridized carbons (Fsp3) is 0. The van der Waals surface area contributed by atoms with Crippen molar-refractivity contribution in [3.8, 4) is 0 Å². The van der Waals surface area contributed by atoms with Crippen molar-refractivity contribution in [3.05, 3.63) is 77.2 Å². The summed E-state index contributed by atoms with van der Waals surface area (Å²) in [5.41, 5.74) is 0.825. The van der Waals surface area contributed by atoms with Gasteiger partial charge in [0, 0.05) is 11.6 Å². The number of rotatable bonds is 2. The molecule has 0 atom stereocenters. The van der Waals surface area contributed by atoms with Crippen LogP contribution in [0.5, 0.6) is 0 Å². The largest absolute Gasteiger partial charge is 0.365 e. The number of fused-ring (bicyclic) bond motifs is 2. The summed E-state index contributed by atoms with van der Waals surface area (Å²) >= 11 is 0. The van der Waals surface area contributed by atoms with Crippen LogP contribution >= 0.6 is 0 Å². The lowest BCUT2D eigenvalue weighted by Crippen LogP contribution is -2.32. The van der Waals surface area contributed by atoms with Gasteiger partial charge < -0.3 is 4.84 Å². The van der Waals surface area contributed by atoms with Crippen molar-refractivity contribution in [2.75, 3.05) is 0 Å². The van der Waals surface area contributed by atoms with Crippen molar-refractivity contribution in [1.82, 2.24) is 10.0 Å². The smallest absolute Gasteiger partial charge is 0.324 e. The van der Waals surface area contributed by atoms with Gasteiger partial charge in [-0.1, -0.05) is 17.2 Å². The van der Waals surface area contributed by atoms with Crippen LogP contribution in [0.1, 0.15) is 31.1 Å². The first-order valence-electron chi connectivity index (χ1n) is 7.30. The topological polar surface area (TPSA) is 76.6 Å². The third kappa shape index (κ3) is 2.42. The molecule has 3 aromatic rings. The molecule has 0 spiro atoms. The molecule has 0 saturated carbocycles. The zero-order valence-corrected chi connectivity index (χ0v) is 12.6. The summed E-state index contributed by atoms with van der Waals surface area (Å²) in [5.74, 6) is -2.84. The standard InChI is InChI=1S/C18H9FN2O4/c19-12-5-6-15-10(8-12)7-11(9-20-15)18(24)25-21-16(22)13-3-1-2-4-14(13)17(21)23/h1-9H. The number of hydroxylamine groups is 2. The average Bonchev–Trinajstić information content (AvgIpc) is 2.86. The van der Waals surface area contributed by atoms with E-state index in [4.69, 9.17) is 4.84 Å². The summed E-state index contributed by atoms with van der Waals surface area (Å²) in [5, 5.41) is 0.819. The van der Waals surface area contributed by atoms with Gasteiger partial charge in [0.15, 0.2) is 0 Å². The van der Waals surface area contributed by atoms with Crippen LogP contribution in [0.15, 0.2) is 54.7 Å². The van der Waals surface area contributed by atoms with E-state index in [0.717, 1.165) is 0 Å². The molecule has 0 fully saturated rings. The molecule has 0 radical (unpaired) electrons. The highest BCUT2D eigenvalue weighted by atomic mass is 19.1. The predicted molar refractivity (Wildman–Crippen MR) is 84.1 cm³/mol. The minimum Gasteiger partial charge on any atom is -0.324 e. The van der Waals surface area contributed by atoms with Crippen molar-refractivity contribution >= 4 is 28.7 Å². The summed E-state index contributed by atoms with van der Waals surface area (Å²) in [6.45, 7) is 0. The monoisotopic (exact) mass is 336 g/mol. The average molecular weight is 336 g/mol. The summed E-state index contributed by atoms with van der Waals surface area (Å²) in [7, 11) is 0. The van der Waals surface area contributed by atoms with Crippen LogP contribution in [0, 0.1) is 5.82 Å². The van der Waals surface area contributed by atoms with Crippen molar-refractivity contribution in [2.45, 2.75) is 0 Å². The van der Waals surface area contributed by atoms with Gasteiger partial charge in [-0.15, -0.1) is 0 Å². The van der Waals surface area contributed by atoms with Gasteiger partial charge in [0.2, 0.25) is 0 Å². The maximum absolute atomic E-state index is 13.3. The molecule has 0 bridgehead atoms. The Hall–Kier alpha value is -3.61. The number of amides is 2. The number of benzene rings is 2. The van der Waals surface area contributed by atoms with Gasteiger partial charge in [0.1, 0.15) is 5.82 Å². The third-order valence-electron chi connectivity index (χ3n) is 3.81. The zero-order valence-electron chi connectivity index (χ0n) is 12.6. The SMILES string of the molecule is O=C(ON1C(=O)c2ccccc2C1=O)c1cnc2ccc(F)cc2c1. The van der Waals surface area contributed by atoms with Crippen molar-refractivity contribution in [1.29, 1.82) is 0 Å². The van der Waals surface area contributed by atoms with Gasteiger partial charge in [-0.05, 0) is 36.4 Å². The van der Waals surface area contributed by atoms with E-state index in [1.807, 2.05) is 0 Å². The molecule has 122 valence electrons. The van der Waals surface area contributed by atoms with Crippen LogP contribution < -0.4 is 0 Å². The number of hydrogen-bond donors (Lipinski definition) is 0. The van der Waals surface area contributed by atoms with Gasteiger partial charge >= 0.3 is 5.97 Å². The van der Waals surface area contributed by atoms with Crippen LogP contribution in [0.2, 0.25) is 0 Å². The normalized spacial score (nSPS) is 13.2. The Kier molecular flexibility index (Phi) is 3.28. The molecule has 2 amide bonds. The van der Waals surface area contributed by atoms with E-state index in [-0.39, 0.29) is 16.7 Å². The summed E-state index contributed by atoms with van der Waals surface area (Å²) in [4.78, 5) is 45.6. The highest BCUT2D eigenvalue weighted by Crippen LogP contribution is 2.23. The summed E-state index contributed by atoms with van der Waals surface area (Å²) < 4.78 is 13.3. The van der Waals surface area contributed by atoms with Crippen LogP contribution in [0.3, 0.4) is 0 Å². The first kappa shape index (κ1) is 14.9. The van der Waals surface area contributed by atoms with E-state index in [1.165, 1.54) is 42.6 Å². The van der Waals surface area contributed by atoms with E-state index < -0.39 is 23.6 Å². The third-order valence-corrected chi connectivity index (χ3v) is 3.81. The highest BCUT2D eigenvalue weighted by Gasteiger charge is 2.38. The van der Waals surface area contributed by atoms with E-state index >= 15 is 0 Å². The Morgan fingerprint density at radius 3 is 2.36 bits per heavy atom. The van der Waals surface area contributed by atoms with Crippen LogP contribution in [0.4, 0.5) is 4.39 Å². The lowest BCUT2D eigenvalue weighted by atomic mass is 10.1. The number of halogens is 1. The summed E-state index contributed by atoms with van der Waals surface area (Å²) in [6, 6.07) is 11.5. The first-order valence-corrected chi connectivity index (χ1v) is 7.30. The van der Waals surface area contributed by atoms with Gasteiger partial charge in [-0.25, -0.2) is 9.18 Å². The molecule has 2 aromatic carbocycles. The van der Waals surface area contributed by atoms with Crippen LogP contribution in [-0.4, -0.2) is 27.8 Å². The minimum atomic E-state index is -0.937. The van der Waals surface area contributed by atoms with Crippen molar-refractivity contribution in [2.24, 2.45) is 0 Å². The maximum Gasteiger partial charge on any atom is 0.365 e. The van der Waals surface area contributed by atoms with Crippen LogP contribution in [-0.2, 0) is 4.84 Å². The lowest BCUT2D eigenvalue weighted by molar-refractivity contribution is -0.0584. The number of nitrogens with zero attached hydrogens (tertiary/aromatic N) is 2. The molecule has 7 heteroatoms. The van der Waals surface area contributed by atoms with Gasteiger partial charge in [0.25, 0.3) is 11.8 Å². The molecule has 1 aliphatic heterocycles. The van der Waals surface area contributed by atoms with Gasteiger partial charge in [-0.3, -0.25) is 14.6 Å². The van der Waals surface area contributed by atoms with E-state index in [2.05, 4.69) is 4.98 Å². The Morgan fingerprint density at radius 1 is 1.00 bits per heavy atom. The number of carbonyl (C=O) groups excluding carboxylic acids is 3. The van der Waals surface area contributed by atoms with Gasteiger partial charge in [-0.2, -0.15) is 0 Å². The Bertz CT molecular complexity index is 1030. The van der Waals surface area contributed by atoms with E-state index in [9.17, 15) is 18.8 Å². The molecular weight excluding hydrogens is 327 g/mol. The number of carbonyl (C=O) groups is 3. The molecule has 0 saturated heterocycles. The maximum atomic E-state index is 13.3. The Morgan fingerprint density at radius 2 is 1.68 bits per heavy atom. The Balaban J connectivity index is 1.63. The number of aromatic nitrogens is 1. The molecule has 0 N–H and O–H groups in total. The highest BCUT2D eigenvalue weighted by molar-refractivity contribution is 6.21. The fourth-order valence-electron chi connectivity index (χ4n) is 2.60.